The summed E-state index contributed by atoms with van der Waals surface area (Å²) in [6, 6.07) is 12.4. The minimum Gasteiger partial charge on any atom is -0.611 e. The molecule has 10 nitrogen and oxygen atoms in total. The summed E-state index contributed by atoms with van der Waals surface area (Å²) in [6.45, 7) is 1.66. The van der Waals surface area contributed by atoms with Crippen molar-refractivity contribution in [1.29, 1.82) is 0 Å². The lowest BCUT2D eigenvalue weighted by molar-refractivity contribution is -0.274. The van der Waals surface area contributed by atoms with E-state index < -0.39 is 28.2 Å². The van der Waals surface area contributed by atoms with Crippen molar-refractivity contribution in [1.82, 2.24) is 20.5 Å². The van der Waals surface area contributed by atoms with E-state index in [0.29, 0.717) is 73.5 Å². The Labute approximate surface area is 237 Å². The standard InChI is InChI=1S/C27H29F3N4O6S/c28-27(29,30)39-21-7-3-18(4-8-21)24-31-23(40-33-24)2-1-17-38-20-9-11-22(12-10-20)41(37)26(25(35)32-36)13-15-34(16-14-26)19-5-6-19/h3-4,7-12,19,36H,1-2,5-6,13-17H2,(H,32,35). The summed E-state index contributed by atoms with van der Waals surface area (Å²) in [6.07, 6.45) is -0.696. The number of rotatable bonds is 11. The first-order valence-corrected chi connectivity index (χ1v) is 14.3. The van der Waals surface area contributed by atoms with Gasteiger partial charge in [0.05, 0.1) is 6.61 Å². The zero-order valence-electron chi connectivity index (χ0n) is 21.9. The molecule has 1 aliphatic heterocycles. The highest BCUT2D eigenvalue weighted by Crippen LogP contribution is 2.39. The second-order valence-electron chi connectivity index (χ2n) is 9.98. The van der Waals surface area contributed by atoms with E-state index in [0.717, 1.165) is 12.8 Å². The van der Waals surface area contributed by atoms with Crippen LogP contribution in [0.15, 0.2) is 57.9 Å². The number of piperidine rings is 1. The topological polar surface area (TPSA) is 133 Å². The van der Waals surface area contributed by atoms with Crippen LogP contribution in [0, 0.1) is 0 Å². The minimum atomic E-state index is -4.77. The van der Waals surface area contributed by atoms with Gasteiger partial charge in [0.15, 0.2) is 4.90 Å². The molecule has 14 heteroatoms. The van der Waals surface area contributed by atoms with Crippen molar-refractivity contribution in [2.75, 3.05) is 19.7 Å². The molecule has 1 aromatic heterocycles. The van der Waals surface area contributed by atoms with Crippen LogP contribution in [0.5, 0.6) is 11.5 Å². The van der Waals surface area contributed by atoms with Crippen molar-refractivity contribution in [3.63, 3.8) is 0 Å². The predicted octanol–water partition coefficient (Wildman–Crippen LogP) is 4.26. The molecule has 5 rings (SSSR count). The molecule has 3 aromatic rings. The Balaban J connectivity index is 1.10. The number of carbonyl (C=O) groups is 1. The Morgan fingerprint density at radius 3 is 2.39 bits per heavy atom. The second kappa shape index (κ2) is 12.3. The van der Waals surface area contributed by atoms with Crippen LogP contribution in [0.1, 0.15) is 38.0 Å². The van der Waals surface area contributed by atoms with E-state index in [2.05, 4.69) is 19.8 Å². The Hall–Kier alpha value is -3.33. The summed E-state index contributed by atoms with van der Waals surface area (Å²) in [5, 5.41) is 13.2. The van der Waals surface area contributed by atoms with Gasteiger partial charge in [-0.1, -0.05) is 5.16 Å². The lowest BCUT2D eigenvalue weighted by Gasteiger charge is -2.40. The number of hydroxylamine groups is 1. The van der Waals surface area contributed by atoms with E-state index in [1.165, 1.54) is 24.3 Å². The Morgan fingerprint density at radius 2 is 1.78 bits per heavy atom. The molecule has 1 unspecified atom stereocenters. The van der Waals surface area contributed by atoms with Crippen molar-refractivity contribution in [3.8, 4) is 22.9 Å². The van der Waals surface area contributed by atoms with Gasteiger partial charge in [0.1, 0.15) is 11.5 Å². The molecule has 1 atom stereocenters. The highest BCUT2D eigenvalue weighted by molar-refractivity contribution is 7.93. The molecule has 41 heavy (non-hydrogen) atoms. The first kappa shape index (κ1) is 29.2. The summed E-state index contributed by atoms with van der Waals surface area (Å²) in [4.78, 5) is 19.7. The van der Waals surface area contributed by atoms with Gasteiger partial charge < -0.3 is 18.5 Å². The highest BCUT2D eigenvalue weighted by Gasteiger charge is 2.53. The van der Waals surface area contributed by atoms with Gasteiger partial charge in [0.25, 0.3) is 5.91 Å². The van der Waals surface area contributed by atoms with E-state index in [9.17, 15) is 27.7 Å². The fourth-order valence-corrected chi connectivity index (χ4v) is 6.47. The van der Waals surface area contributed by atoms with Crippen LogP contribution in [-0.2, 0) is 22.4 Å². The first-order valence-electron chi connectivity index (χ1n) is 13.2. The van der Waals surface area contributed by atoms with Gasteiger partial charge in [0, 0.05) is 55.1 Å². The number of ether oxygens (including phenoxy) is 2. The number of amides is 1. The molecule has 2 N–H and O–H groups in total. The van der Waals surface area contributed by atoms with Gasteiger partial charge in [-0.3, -0.25) is 14.9 Å². The van der Waals surface area contributed by atoms with E-state index in [4.69, 9.17) is 9.26 Å². The maximum absolute atomic E-state index is 13.5. The van der Waals surface area contributed by atoms with Crippen LogP contribution < -0.4 is 15.0 Å². The molecule has 1 saturated carbocycles. The zero-order chi connectivity index (χ0) is 29.0. The van der Waals surface area contributed by atoms with Crippen molar-refractivity contribution in [3.05, 3.63) is 54.4 Å². The Bertz CT molecular complexity index is 1310. The number of alkyl halides is 3. The number of halogens is 3. The predicted molar refractivity (Wildman–Crippen MR) is 140 cm³/mol. The lowest BCUT2D eigenvalue weighted by Crippen LogP contribution is -2.58. The molecular formula is C27H29F3N4O6S. The lowest BCUT2D eigenvalue weighted by atomic mass is 9.94. The molecule has 2 aliphatic rings. The van der Waals surface area contributed by atoms with Crippen molar-refractivity contribution < 1.29 is 41.7 Å². The molecule has 0 radical (unpaired) electrons. The first-order chi connectivity index (χ1) is 19.7. The van der Waals surface area contributed by atoms with Crippen LogP contribution >= 0.6 is 0 Å². The summed E-state index contributed by atoms with van der Waals surface area (Å²) in [5.41, 5.74) is 2.21. The van der Waals surface area contributed by atoms with Crippen LogP contribution in [-0.4, -0.2) is 67.6 Å². The summed E-state index contributed by atoms with van der Waals surface area (Å²) < 4.78 is 64.2. The number of aromatic nitrogens is 2. The van der Waals surface area contributed by atoms with Crippen LogP contribution in [0.4, 0.5) is 13.2 Å². The number of carbonyl (C=O) groups excluding carboxylic acids is 1. The SMILES string of the molecule is O=C(NO)C1([S+]([O-])c2ccc(OCCCc3nc(-c4ccc(OC(F)(F)F)cc4)no3)cc2)CCN(C2CC2)CC1. The van der Waals surface area contributed by atoms with Crippen molar-refractivity contribution in [2.45, 2.75) is 60.6 Å². The van der Waals surface area contributed by atoms with Crippen LogP contribution in [0.2, 0.25) is 0 Å². The van der Waals surface area contributed by atoms with Gasteiger partial charge in [-0.2, -0.15) is 4.98 Å². The van der Waals surface area contributed by atoms with Gasteiger partial charge in [0.2, 0.25) is 16.5 Å². The molecule has 1 amide bonds. The normalized spacial score (nSPS) is 18.1. The average molecular weight is 595 g/mol. The number of aryl methyl sites for hydroxylation is 1. The van der Waals surface area contributed by atoms with Crippen molar-refractivity contribution in [2.24, 2.45) is 0 Å². The molecule has 2 fully saturated rings. The quantitative estimate of drug-likeness (QED) is 0.145. The smallest absolute Gasteiger partial charge is 0.573 e. The Kier molecular flexibility index (Phi) is 8.73. The van der Waals surface area contributed by atoms with E-state index in [1.54, 1.807) is 29.7 Å². The zero-order valence-corrected chi connectivity index (χ0v) is 22.7. The minimum absolute atomic E-state index is 0.244. The summed E-state index contributed by atoms with van der Waals surface area (Å²) >= 11 is -1.67. The van der Waals surface area contributed by atoms with E-state index in [1.807, 2.05) is 0 Å². The van der Waals surface area contributed by atoms with Crippen molar-refractivity contribution >= 4 is 17.1 Å². The van der Waals surface area contributed by atoms with E-state index in [-0.39, 0.29) is 11.6 Å². The molecule has 2 heterocycles. The molecule has 220 valence electrons. The third-order valence-corrected chi connectivity index (χ3v) is 9.20. The molecule has 1 aliphatic carbocycles. The number of nitrogens with one attached hydrogen (secondary N) is 1. The summed E-state index contributed by atoms with van der Waals surface area (Å²) in [7, 11) is 0. The number of nitrogens with zero attached hydrogens (tertiary/aromatic N) is 3. The molecule has 0 spiro atoms. The Morgan fingerprint density at radius 1 is 1.12 bits per heavy atom. The maximum atomic E-state index is 13.5. The molecule has 2 aromatic carbocycles. The van der Waals surface area contributed by atoms with Gasteiger partial charge in [-0.05, 0) is 67.8 Å². The fraction of sp³-hybridized carbons (Fsp3) is 0.444. The molecule has 0 bridgehead atoms. The average Bonchev–Trinajstić information content (AvgIpc) is 3.72. The number of benzene rings is 2. The third kappa shape index (κ3) is 7.12. The fourth-order valence-electron chi connectivity index (χ4n) is 4.87. The number of likely N-dealkylation sites (tertiary alicyclic amines) is 1. The highest BCUT2D eigenvalue weighted by atomic mass is 32.2. The van der Waals surface area contributed by atoms with Gasteiger partial charge in [-0.25, -0.2) is 5.48 Å². The number of hydrogen-bond acceptors (Lipinski definition) is 9. The van der Waals surface area contributed by atoms with Gasteiger partial charge in [-0.15, -0.1) is 13.2 Å². The second-order valence-corrected chi connectivity index (χ2v) is 11.8. The monoisotopic (exact) mass is 594 g/mol. The molecule has 1 saturated heterocycles. The number of hydrogen-bond donors (Lipinski definition) is 2. The van der Waals surface area contributed by atoms with Gasteiger partial charge >= 0.3 is 6.36 Å². The molecular weight excluding hydrogens is 565 g/mol. The van der Waals surface area contributed by atoms with Crippen LogP contribution in [0.3, 0.4) is 0 Å². The van der Waals surface area contributed by atoms with Crippen LogP contribution in [0.25, 0.3) is 11.4 Å². The van der Waals surface area contributed by atoms with E-state index >= 15 is 0 Å². The largest absolute Gasteiger partial charge is 0.611 e. The summed E-state index contributed by atoms with van der Waals surface area (Å²) in [5.74, 6) is 0.190. The maximum Gasteiger partial charge on any atom is 0.573 e. The third-order valence-electron chi connectivity index (χ3n) is 7.19.